The van der Waals surface area contributed by atoms with Gasteiger partial charge in [0, 0.05) is 12.6 Å². The normalized spacial score (nSPS) is 9.75. The molecule has 1 heterocycles. The summed E-state index contributed by atoms with van der Waals surface area (Å²) in [6.45, 7) is 1.44. The Hall–Kier alpha value is -1.29. The Labute approximate surface area is 71.7 Å². The van der Waals surface area contributed by atoms with Gasteiger partial charge in [-0.25, -0.2) is 0 Å². The third-order valence-electron chi connectivity index (χ3n) is 1.36. The SMILES string of the molecule is CNCCOc1cncc(N)c1. The summed E-state index contributed by atoms with van der Waals surface area (Å²) >= 11 is 0. The number of nitrogens with two attached hydrogens (primary N) is 1. The highest BCUT2D eigenvalue weighted by molar-refractivity contribution is 5.39. The number of hydrogen-bond acceptors (Lipinski definition) is 4. The summed E-state index contributed by atoms with van der Waals surface area (Å²) in [5.41, 5.74) is 6.13. The summed E-state index contributed by atoms with van der Waals surface area (Å²) in [6, 6.07) is 1.75. The van der Waals surface area contributed by atoms with E-state index in [1.165, 1.54) is 0 Å². The standard InChI is InChI=1S/C8H13N3O/c1-10-2-3-12-8-4-7(9)5-11-6-8/h4-6,10H,2-3,9H2,1H3. The minimum absolute atomic E-state index is 0.622. The first-order valence-corrected chi connectivity index (χ1v) is 3.81. The van der Waals surface area contributed by atoms with Crippen LogP contribution in [0.25, 0.3) is 0 Å². The van der Waals surface area contributed by atoms with Gasteiger partial charge < -0.3 is 15.8 Å². The van der Waals surface area contributed by atoms with Crippen LogP contribution in [0.15, 0.2) is 18.5 Å². The molecule has 0 bridgehead atoms. The number of rotatable bonds is 4. The molecule has 1 rings (SSSR count). The minimum atomic E-state index is 0.622. The van der Waals surface area contributed by atoms with Crippen LogP contribution in [-0.2, 0) is 0 Å². The van der Waals surface area contributed by atoms with Gasteiger partial charge in [-0.1, -0.05) is 0 Å². The number of pyridine rings is 1. The molecule has 0 radical (unpaired) electrons. The van der Waals surface area contributed by atoms with E-state index in [0.29, 0.717) is 18.0 Å². The predicted octanol–water partition coefficient (Wildman–Crippen LogP) is 0.262. The van der Waals surface area contributed by atoms with Crippen molar-refractivity contribution >= 4 is 5.69 Å². The van der Waals surface area contributed by atoms with Crippen LogP contribution < -0.4 is 15.8 Å². The Kier molecular flexibility index (Phi) is 3.35. The van der Waals surface area contributed by atoms with E-state index in [2.05, 4.69) is 10.3 Å². The van der Waals surface area contributed by atoms with Gasteiger partial charge in [-0.05, 0) is 7.05 Å². The van der Waals surface area contributed by atoms with E-state index >= 15 is 0 Å². The molecule has 0 aliphatic rings. The van der Waals surface area contributed by atoms with Crippen LogP contribution in [-0.4, -0.2) is 25.2 Å². The Bertz CT molecular complexity index is 239. The molecule has 66 valence electrons. The lowest BCUT2D eigenvalue weighted by molar-refractivity contribution is 0.317. The highest BCUT2D eigenvalue weighted by Gasteiger charge is 1.93. The van der Waals surface area contributed by atoms with E-state index < -0.39 is 0 Å². The fourth-order valence-corrected chi connectivity index (χ4v) is 0.785. The largest absolute Gasteiger partial charge is 0.491 e. The fraction of sp³-hybridized carbons (Fsp3) is 0.375. The second-order valence-electron chi connectivity index (χ2n) is 2.41. The Balaban J connectivity index is 2.41. The number of aromatic nitrogens is 1. The molecule has 4 nitrogen and oxygen atoms in total. The third kappa shape index (κ3) is 2.75. The average Bonchev–Trinajstić information content (AvgIpc) is 2.05. The number of anilines is 1. The van der Waals surface area contributed by atoms with Crippen molar-refractivity contribution in [2.75, 3.05) is 25.9 Å². The zero-order chi connectivity index (χ0) is 8.81. The van der Waals surface area contributed by atoms with E-state index in [0.717, 1.165) is 6.54 Å². The van der Waals surface area contributed by atoms with Crippen molar-refractivity contribution in [3.8, 4) is 5.75 Å². The second kappa shape index (κ2) is 4.56. The number of likely N-dealkylation sites (N-methyl/N-ethyl adjacent to an activating group) is 1. The van der Waals surface area contributed by atoms with Crippen molar-refractivity contribution in [1.29, 1.82) is 0 Å². The van der Waals surface area contributed by atoms with Gasteiger partial charge in [-0.2, -0.15) is 0 Å². The van der Waals surface area contributed by atoms with Crippen LogP contribution in [0.3, 0.4) is 0 Å². The van der Waals surface area contributed by atoms with Gasteiger partial charge in [0.15, 0.2) is 0 Å². The number of nitrogens with one attached hydrogen (secondary N) is 1. The van der Waals surface area contributed by atoms with Crippen LogP contribution >= 0.6 is 0 Å². The van der Waals surface area contributed by atoms with E-state index in [1.807, 2.05) is 7.05 Å². The van der Waals surface area contributed by atoms with Crippen LogP contribution in [0.1, 0.15) is 0 Å². The molecule has 0 saturated heterocycles. The summed E-state index contributed by atoms with van der Waals surface area (Å²) in [5.74, 6) is 0.713. The molecular weight excluding hydrogens is 154 g/mol. The van der Waals surface area contributed by atoms with Gasteiger partial charge in [0.05, 0.1) is 18.1 Å². The van der Waals surface area contributed by atoms with Crippen molar-refractivity contribution < 1.29 is 4.74 Å². The first-order valence-electron chi connectivity index (χ1n) is 3.81. The van der Waals surface area contributed by atoms with Gasteiger partial charge >= 0.3 is 0 Å². The Morgan fingerprint density at radius 1 is 1.58 bits per heavy atom. The zero-order valence-electron chi connectivity index (χ0n) is 7.08. The van der Waals surface area contributed by atoms with Crippen molar-refractivity contribution in [2.45, 2.75) is 0 Å². The first-order chi connectivity index (χ1) is 5.83. The van der Waals surface area contributed by atoms with Crippen molar-refractivity contribution in [3.63, 3.8) is 0 Å². The van der Waals surface area contributed by atoms with Crippen LogP contribution in [0, 0.1) is 0 Å². The molecule has 0 aliphatic carbocycles. The fourth-order valence-electron chi connectivity index (χ4n) is 0.785. The Morgan fingerprint density at radius 3 is 3.08 bits per heavy atom. The topological polar surface area (TPSA) is 60.2 Å². The van der Waals surface area contributed by atoms with E-state index in [1.54, 1.807) is 18.5 Å². The zero-order valence-corrected chi connectivity index (χ0v) is 7.08. The second-order valence-corrected chi connectivity index (χ2v) is 2.41. The maximum atomic E-state index is 5.50. The average molecular weight is 167 g/mol. The smallest absolute Gasteiger partial charge is 0.139 e. The molecule has 0 saturated carbocycles. The quantitative estimate of drug-likeness (QED) is 0.631. The molecule has 1 aromatic rings. The summed E-state index contributed by atoms with van der Waals surface area (Å²) < 4.78 is 5.32. The maximum Gasteiger partial charge on any atom is 0.139 e. The molecule has 0 unspecified atom stereocenters. The minimum Gasteiger partial charge on any atom is -0.491 e. The van der Waals surface area contributed by atoms with Crippen molar-refractivity contribution in [1.82, 2.24) is 10.3 Å². The summed E-state index contributed by atoms with van der Waals surface area (Å²) in [5, 5.41) is 2.98. The number of ether oxygens (including phenoxy) is 1. The van der Waals surface area contributed by atoms with Crippen LogP contribution in [0.2, 0.25) is 0 Å². The summed E-state index contributed by atoms with van der Waals surface area (Å²) in [7, 11) is 1.88. The molecule has 0 aromatic carbocycles. The molecule has 12 heavy (non-hydrogen) atoms. The lowest BCUT2D eigenvalue weighted by atomic mass is 10.4. The van der Waals surface area contributed by atoms with Gasteiger partial charge in [-0.15, -0.1) is 0 Å². The number of nitrogens with zero attached hydrogens (tertiary/aromatic N) is 1. The van der Waals surface area contributed by atoms with E-state index in [9.17, 15) is 0 Å². The number of nitrogen functional groups attached to an aromatic ring is 1. The van der Waals surface area contributed by atoms with Gasteiger partial charge in [-0.3, -0.25) is 4.98 Å². The lowest BCUT2D eigenvalue weighted by Gasteiger charge is -2.04. The molecule has 4 heteroatoms. The van der Waals surface area contributed by atoms with E-state index in [-0.39, 0.29) is 0 Å². The van der Waals surface area contributed by atoms with Crippen LogP contribution in [0.4, 0.5) is 5.69 Å². The molecular formula is C8H13N3O. The lowest BCUT2D eigenvalue weighted by Crippen LogP contribution is -2.16. The predicted molar refractivity (Wildman–Crippen MR) is 48.1 cm³/mol. The molecule has 0 atom stereocenters. The molecule has 1 aromatic heterocycles. The highest BCUT2D eigenvalue weighted by Crippen LogP contribution is 2.11. The van der Waals surface area contributed by atoms with Crippen molar-refractivity contribution in [3.05, 3.63) is 18.5 Å². The van der Waals surface area contributed by atoms with Gasteiger partial charge in [0.1, 0.15) is 12.4 Å². The first kappa shape index (κ1) is 8.80. The Morgan fingerprint density at radius 2 is 2.42 bits per heavy atom. The maximum absolute atomic E-state index is 5.50. The molecule has 3 N–H and O–H groups in total. The molecule has 0 amide bonds. The summed E-state index contributed by atoms with van der Waals surface area (Å²) in [6.07, 6.45) is 3.23. The van der Waals surface area contributed by atoms with E-state index in [4.69, 9.17) is 10.5 Å². The summed E-state index contributed by atoms with van der Waals surface area (Å²) in [4.78, 5) is 3.89. The highest BCUT2D eigenvalue weighted by atomic mass is 16.5. The van der Waals surface area contributed by atoms with Crippen molar-refractivity contribution in [2.24, 2.45) is 0 Å². The van der Waals surface area contributed by atoms with Crippen LogP contribution in [0.5, 0.6) is 5.75 Å². The molecule has 0 spiro atoms. The molecule has 0 fully saturated rings. The molecule has 0 aliphatic heterocycles. The number of hydrogen-bond donors (Lipinski definition) is 2. The third-order valence-corrected chi connectivity index (χ3v) is 1.36. The van der Waals surface area contributed by atoms with Gasteiger partial charge in [0.25, 0.3) is 0 Å². The van der Waals surface area contributed by atoms with Gasteiger partial charge in [0.2, 0.25) is 0 Å². The monoisotopic (exact) mass is 167 g/mol.